The molecule has 0 aliphatic heterocycles. The number of ether oxygens (including phenoxy) is 1. The van der Waals surface area contributed by atoms with E-state index < -0.39 is 10.0 Å². The summed E-state index contributed by atoms with van der Waals surface area (Å²) in [5.41, 5.74) is 1.59. The Balaban J connectivity index is 1.63. The molecule has 2 aromatic rings. The summed E-state index contributed by atoms with van der Waals surface area (Å²) in [6.07, 6.45) is 7.57. The van der Waals surface area contributed by atoms with E-state index in [0.717, 1.165) is 24.8 Å². The first-order valence-electron chi connectivity index (χ1n) is 9.63. The molecule has 1 fully saturated rings. The lowest BCUT2D eigenvalue weighted by atomic mass is 10.2. The van der Waals surface area contributed by atoms with Gasteiger partial charge in [-0.3, -0.25) is 9.10 Å². The molecule has 0 atom stereocenters. The molecule has 0 aromatic heterocycles. The van der Waals surface area contributed by atoms with Crippen LogP contribution in [0, 0.1) is 0 Å². The average Bonchev–Trinajstić information content (AvgIpc) is 3.20. The van der Waals surface area contributed by atoms with Gasteiger partial charge in [0, 0.05) is 11.3 Å². The summed E-state index contributed by atoms with van der Waals surface area (Å²) in [6, 6.07) is 13.8. The van der Waals surface area contributed by atoms with E-state index in [1.54, 1.807) is 24.3 Å². The zero-order valence-corrected chi connectivity index (χ0v) is 17.3. The third-order valence-corrected chi connectivity index (χ3v) is 5.99. The van der Waals surface area contributed by atoms with E-state index in [1.165, 1.54) is 23.2 Å². The molecule has 0 radical (unpaired) electrons. The lowest BCUT2D eigenvalue weighted by Crippen LogP contribution is -2.29. The van der Waals surface area contributed by atoms with Gasteiger partial charge in [-0.05, 0) is 74.2 Å². The third kappa shape index (κ3) is 5.60. The molecule has 0 bridgehead atoms. The molecule has 0 saturated heterocycles. The van der Waals surface area contributed by atoms with Crippen LogP contribution in [0.2, 0.25) is 0 Å². The van der Waals surface area contributed by atoms with Crippen molar-refractivity contribution in [1.82, 2.24) is 0 Å². The van der Waals surface area contributed by atoms with E-state index in [1.807, 2.05) is 24.3 Å². The van der Waals surface area contributed by atoms with Gasteiger partial charge in [0.25, 0.3) is 5.91 Å². The Hall–Kier alpha value is -2.80. The maximum Gasteiger partial charge on any atom is 0.255 e. The van der Waals surface area contributed by atoms with Crippen molar-refractivity contribution in [3.8, 4) is 5.75 Å². The van der Waals surface area contributed by atoms with Crippen molar-refractivity contribution in [3.05, 3.63) is 66.7 Å². The van der Waals surface area contributed by atoms with E-state index in [2.05, 4.69) is 11.9 Å². The van der Waals surface area contributed by atoms with Gasteiger partial charge in [-0.1, -0.05) is 6.08 Å². The highest BCUT2D eigenvalue weighted by atomic mass is 32.2. The molecule has 1 N–H and O–H groups in total. The van der Waals surface area contributed by atoms with Crippen molar-refractivity contribution in [2.24, 2.45) is 0 Å². The summed E-state index contributed by atoms with van der Waals surface area (Å²) in [5, 5.41) is 2.84. The van der Waals surface area contributed by atoms with Gasteiger partial charge in [0.2, 0.25) is 10.0 Å². The Labute approximate surface area is 172 Å². The number of benzene rings is 2. The largest absolute Gasteiger partial charge is 0.490 e. The summed E-state index contributed by atoms with van der Waals surface area (Å²) in [6.45, 7) is 3.75. The van der Waals surface area contributed by atoms with Gasteiger partial charge in [0.05, 0.1) is 24.6 Å². The molecule has 1 aliphatic carbocycles. The number of carbonyl (C=O) groups excluding carboxylic acids is 1. The Morgan fingerprint density at radius 1 is 1.14 bits per heavy atom. The quantitative estimate of drug-likeness (QED) is 0.657. The number of nitrogens with zero attached hydrogens (tertiary/aromatic N) is 1. The van der Waals surface area contributed by atoms with Crippen LogP contribution in [0.4, 0.5) is 11.4 Å². The third-order valence-electron chi connectivity index (χ3n) is 4.83. The van der Waals surface area contributed by atoms with Crippen molar-refractivity contribution < 1.29 is 17.9 Å². The Bertz CT molecular complexity index is 947. The fraction of sp³-hybridized carbons (Fsp3) is 0.318. The van der Waals surface area contributed by atoms with Crippen LogP contribution >= 0.6 is 0 Å². The molecule has 1 amide bonds. The minimum absolute atomic E-state index is 0.166. The first-order chi connectivity index (χ1) is 13.9. The van der Waals surface area contributed by atoms with Crippen LogP contribution in [0.15, 0.2) is 61.2 Å². The van der Waals surface area contributed by atoms with Crippen LogP contribution < -0.4 is 14.4 Å². The molecular formula is C22H26N2O4S. The molecule has 0 unspecified atom stereocenters. The van der Waals surface area contributed by atoms with Gasteiger partial charge in [0.15, 0.2) is 0 Å². The summed E-state index contributed by atoms with van der Waals surface area (Å²) in [5.74, 6) is 0.540. The zero-order chi connectivity index (χ0) is 20.9. The lowest BCUT2D eigenvalue weighted by Gasteiger charge is -2.20. The van der Waals surface area contributed by atoms with Crippen LogP contribution in [0.25, 0.3) is 0 Å². The first-order valence-corrected chi connectivity index (χ1v) is 11.5. The van der Waals surface area contributed by atoms with Crippen LogP contribution in [-0.2, 0) is 10.0 Å². The SMILES string of the molecule is C=CCN(c1ccc(C(=O)Nc2ccc(OC3CCCC3)cc2)cc1)S(C)(=O)=O. The first kappa shape index (κ1) is 20.9. The van der Waals surface area contributed by atoms with E-state index in [0.29, 0.717) is 23.0 Å². The fourth-order valence-corrected chi connectivity index (χ4v) is 4.23. The summed E-state index contributed by atoms with van der Waals surface area (Å²) >= 11 is 0. The second kappa shape index (κ2) is 9.13. The second-order valence-electron chi connectivity index (χ2n) is 7.13. The van der Waals surface area contributed by atoms with E-state index in [9.17, 15) is 13.2 Å². The molecule has 154 valence electrons. The molecule has 2 aromatic carbocycles. The molecule has 3 rings (SSSR count). The molecule has 6 nitrogen and oxygen atoms in total. The summed E-state index contributed by atoms with van der Waals surface area (Å²) in [4.78, 5) is 12.5. The van der Waals surface area contributed by atoms with Crippen molar-refractivity contribution in [2.45, 2.75) is 31.8 Å². The maximum absolute atomic E-state index is 12.5. The summed E-state index contributed by atoms with van der Waals surface area (Å²) < 4.78 is 31.0. The second-order valence-corrected chi connectivity index (χ2v) is 9.04. The Morgan fingerprint density at radius 2 is 1.76 bits per heavy atom. The molecule has 1 aliphatic rings. The molecule has 7 heteroatoms. The van der Waals surface area contributed by atoms with E-state index >= 15 is 0 Å². The van der Waals surface area contributed by atoms with Crippen LogP contribution in [0.5, 0.6) is 5.75 Å². The Morgan fingerprint density at radius 3 is 2.31 bits per heavy atom. The topological polar surface area (TPSA) is 75.7 Å². The highest BCUT2D eigenvalue weighted by Gasteiger charge is 2.17. The number of hydrogen-bond donors (Lipinski definition) is 1. The molecule has 0 spiro atoms. The average molecular weight is 415 g/mol. The van der Waals surface area contributed by atoms with Crippen molar-refractivity contribution in [1.29, 1.82) is 0 Å². The standard InChI is InChI=1S/C22H26N2O4S/c1-3-16-24(29(2,26)27)19-12-8-17(9-13-19)22(25)23-18-10-14-21(15-11-18)28-20-6-4-5-7-20/h3,8-15,20H,1,4-7,16H2,2H3,(H,23,25). The van der Waals surface area contributed by atoms with Crippen LogP contribution in [0.1, 0.15) is 36.0 Å². The van der Waals surface area contributed by atoms with Gasteiger partial charge in [-0.15, -0.1) is 6.58 Å². The predicted molar refractivity (Wildman–Crippen MR) is 116 cm³/mol. The minimum atomic E-state index is -3.43. The number of hydrogen-bond acceptors (Lipinski definition) is 4. The van der Waals surface area contributed by atoms with Crippen LogP contribution in [-0.4, -0.2) is 33.2 Å². The van der Waals surface area contributed by atoms with Gasteiger partial charge in [-0.2, -0.15) is 0 Å². The number of rotatable bonds is 8. The number of amides is 1. The van der Waals surface area contributed by atoms with E-state index in [-0.39, 0.29) is 12.5 Å². The zero-order valence-electron chi connectivity index (χ0n) is 16.5. The highest BCUT2D eigenvalue weighted by molar-refractivity contribution is 7.92. The molecular weight excluding hydrogens is 388 g/mol. The monoisotopic (exact) mass is 414 g/mol. The normalized spacial score (nSPS) is 14.4. The van der Waals surface area contributed by atoms with Crippen LogP contribution in [0.3, 0.4) is 0 Å². The predicted octanol–water partition coefficient (Wildman–Crippen LogP) is 4.21. The van der Waals surface area contributed by atoms with Gasteiger partial charge in [0.1, 0.15) is 5.75 Å². The fourth-order valence-electron chi connectivity index (χ4n) is 3.35. The smallest absolute Gasteiger partial charge is 0.255 e. The minimum Gasteiger partial charge on any atom is -0.490 e. The van der Waals surface area contributed by atoms with Crippen molar-refractivity contribution in [2.75, 3.05) is 22.4 Å². The highest BCUT2D eigenvalue weighted by Crippen LogP contribution is 2.25. The summed E-state index contributed by atoms with van der Waals surface area (Å²) in [7, 11) is -3.43. The van der Waals surface area contributed by atoms with Crippen molar-refractivity contribution >= 4 is 27.3 Å². The van der Waals surface area contributed by atoms with Gasteiger partial charge < -0.3 is 10.1 Å². The molecule has 0 heterocycles. The lowest BCUT2D eigenvalue weighted by molar-refractivity contribution is 0.102. The van der Waals surface area contributed by atoms with Gasteiger partial charge in [-0.25, -0.2) is 8.42 Å². The number of anilines is 2. The van der Waals surface area contributed by atoms with Gasteiger partial charge >= 0.3 is 0 Å². The molecule has 1 saturated carbocycles. The number of nitrogens with one attached hydrogen (secondary N) is 1. The molecule has 29 heavy (non-hydrogen) atoms. The number of carbonyl (C=O) groups is 1. The van der Waals surface area contributed by atoms with Crippen molar-refractivity contribution in [3.63, 3.8) is 0 Å². The van der Waals surface area contributed by atoms with E-state index in [4.69, 9.17) is 4.74 Å². The number of sulfonamides is 1. The Kier molecular flexibility index (Phi) is 6.59. The maximum atomic E-state index is 12.5.